The van der Waals surface area contributed by atoms with Gasteiger partial charge in [0.15, 0.2) is 0 Å². The summed E-state index contributed by atoms with van der Waals surface area (Å²) in [6, 6.07) is 18.0. The number of rotatable bonds is 3. The van der Waals surface area contributed by atoms with Crippen molar-refractivity contribution in [2.24, 2.45) is 0 Å². The number of aromatic nitrogens is 2. The van der Waals surface area contributed by atoms with Crippen molar-refractivity contribution in [2.75, 3.05) is 31.1 Å². The molecule has 1 saturated heterocycles. The first kappa shape index (κ1) is 14.9. The highest BCUT2D eigenvalue weighted by Crippen LogP contribution is 2.15. The van der Waals surface area contributed by atoms with E-state index in [4.69, 9.17) is 0 Å². The van der Waals surface area contributed by atoms with Crippen molar-refractivity contribution in [2.45, 2.75) is 6.54 Å². The fraction of sp³-hybridized carbons (Fsp3) is 0.263. The van der Waals surface area contributed by atoms with Crippen LogP contribution in [-0.4, -0.2) is 41.0 Å². The zero-order valence-corrected chi connectivity index (χ0v) is 13.5. The molecule has 0 bridgehead atoms. The standard InChI is InChI=1S/C19H20N4O/c24-18-16-8-4-5-9-17(16)20-19(21-18)23-12-10-22(11-13-23)14-15-6-2-1-3-7-15/h1-9H,10-14H2,(H,20,21,24). The smallest absolute Gasteiger partial charge is 0.260 e. The molecule has 1 N–H and O–H groups in total. The molecule has 1 fully saturated rings. The summed E-state index contributed by atoms with van der Waals surface area (Å²) in [6.07, 6.45) is 0. The van der Waals surface area contributed by atoms with Gasteiger partial charge in [-0.3, -0.25) is 14.7 Å². The average molecular weight is 320 g/mol. The zero-order chi connectivity index (χ0) is 16.4. The fourth-order valence-electron chi connectivity index (χ4n) is 3.18. The second-order valence-corrected chi connectivity index (χ2v) is 6.16. The van der Waals surface area contributed by atoms with Gasteiger partial charge in [0, 0.05) is 32.7 Å². The molecule has 5 nitrogen and oxygen atoms in total. The van der Waals surface area contributed by atoms with Crippen LogP contribution >= 0.6 is 0 Å². The Hall–Kier alpha value is -2.66. The van der Waals surface area contributed by atoms with Gasteiger partial charge in [-0.05, 0) is 17.7 Å². The molecule has 0 aliphatic carbocycles. The summed E-state index contributed by atoms with van der Waals surface area (Å²) in [6.45, 7) is 4.63. The summed E-state index contributed by atoms with van der Waals surface area (Å²) in [5.74, 6) is 0.679. The van der Waals surface area contributed by atoms with Gasteiger partial charge in [-0.1, -0.05) is 42.5 Å². The van der Waals surface area contributed by atoms with Crippen LogP contribution in [0.2, 0.25) is 0 Å². The Morgan fingerprint density at radius 2 is 1.62 bits per heavy atom. The first-order valence-corrected chi connectivity index (χ1v) is 8.30. The number of hydrogen-bond acceptors (Lipinski definition) is 4. The third-order valence-electron chi connectivity index (χ3n) is 4.52. The number of para-hydroxylation sites is 1. The summed E-state index contributed by atoms with van der Waals surface area (Å²) in [5, 5.41) is 0.643. The van der Waals surface area contributed by atoms with E-state index >= 15 is 0 Å². The minimum Gasteiger partial charge on any atom is -0.340 e. The van der Waals surface area contributed by atoms with Crippen molar-refractivity contribution < 1.29 is 0 Å². The van der Waals surface area contributed by atoms with Crippen molar-refractivity contribution >= 4 is 16.9 Å². The molecule has 3 aromatic rings. The number of hydrogen-bond donors (Lipinski definition) is 1. The third kappa shape index (κ3) is 3.03. The second kappa shape index (κ2) is 6.45. The van der Waals surface area contributed by atoms with Crippen LogP contribution in [0.15, 0.2) is 59.4 Å². The maximum absolute atomic E-state index is 12.2. The Labute approximate surface area is 140 Å². The lowest BCUT2D eigenvalue weighted by Gasteiger charge is -2.35. The Morgan fingerprint density at radius 1 is 0.917 bits per heavy atom. The van der Waals surface area contributed by atoms with E-state index in [2.05, 4.69) is 44.0 Å². The van der Waals surface area contributed by atoms with E-state index in [0.29, 0.717) is 11.3 Å². The Balaban J connectivity index is 1.47. The molecule has 2 aromatic carbocycles. The summed E-state index contributed by atoms with van der Waals surface area (Å²) in [5.41, 5.74) is 2.02. The van der Waals surface area contributed by atoms with Gasteiger partial charge in [-0.2, -0.15) is 0 Å². The fourth-order valence-corrected chi connectivity index (χ4v) is 3.18. The van der Waals surface area contributed by atoms with Gasteiger partial charge in [0.25, 0.3) is 5.56 Å². The lowest BCUT2D eigenvalue weighted by Crippen LogP contribution is -2.46. The summed E-state index contributed by atoms with van der Waals surface area (Å²) < 4.78 is 0. The van der Waals surface area contributed by atoms with Gasteiger partial charge in [0.2, 0.25) is 5.95 Å². The number of anilines is 1. The van der Waals surface area contributed by atoms with E-state index < -0.39 is 0 Å². The van der Waals surface area contributed by atoms with Crippen LogP contribution in [0.25, 0.3) is 10.9 Å². The van der Waals surface area contributed by atoms with Crippen LogP contribution in [0.1, 0.15) is 5.56 Å². The van der Waals surface area contributed by atoms with E-state index in [1.165, 1.54) is 5.56 Å². The van der Waals surface area contributed by atoms with Gasteiger partial charge in [0.05, 0.1) is 10.9 Å². The number of piperazine rings is 1. The van der Waals surface area contributed by atoms with Crippen LogP contribution in [-0.2, 0) is 6.54 Å². The first-order chi connectivity index (χ1) is 11.8. The SMILES string of the molecule is O=c1[nH]c(N2CCN(Cc3ccccc3)CC2)nc2ccccc12. The maximum atomic E-state index is 12.2. The molecule has 122 valence electrons. The molecular formula is C19H20N4O. The number of H-pyrrole nitrogens is 1. The topological polar surface area (TPSA) is 52.2 Å². The Kier molecular flexibility index (Phi) is 4.01. The summed E-state index contributed by atoms with van der Waals surface area (Å²) in [4.78, 5) is 24.4. The molecule has 0 saturated carbocycles. The largest absolute Gasteiger partial charge is 0.340 e. The minimum atomic E-state index is -0.0673. The molecule has 0 atom stereocenters. The Bertz CT molecular complexity index is 883. The monoisotopic (exact) mass is 320 g/mol. The van der Waals surface area contributed by atoms with Crippen molar-refractivity contribution in [3.05, 3.63) is 70.5 Å². The molecular weight excluding hydrogens is 300 g/mol. The van der Waals surface area contributed by atoms with E-state index in [0.717, 1.165) is 38.2 Å². The van der Waals surface area contributed by atoms with E-state index in [1.54, 1.807) is 0 Å². The highest BCUT2D eigenvalue weighted by atomic mass is 16.1. The molecule has 0 spiro atoms. The van der Waals surface area contributed by atoms with Crippen LogP contribution < -0.4 is 10.5 Å². The van der Waals surface area contributed by atoms with Crippen LogP contribution in [0.4, 0.5) is 5.95 Å². The molecule has 0 radical (unpaired) electrons. The average Bonchev–Trinajstić information content (AvgIpc) is 2.63. The van der Waals surface area contributed by atoms with Crippen LogP contribution in [0.3, 0.4) is 0 Å². The number of benzene rings is 2. The van der Waals surface area contributed by atoms with E-state index in [-0.39, 0.29) is 5.56 Å². The highest BCUT2D eigenvalue weighted by molar-refractivity contribution is 5.78. The third-order valence-corrected chi connectivity index (χ3v) is 4.52. The van der Waals surface area contributed by atoms with Gasteiger partial charge in [-0.15, -0.1) is 0 Å². The van der Waals surface area contributed by atoms with Crippen molar-refractivity contribution in [3.8, 4) is 0 Å². The van der Waals surface area contributed by atoms with Crippen molar-refractivity contribution in [1.82, 2.24) is 14.9 Å². The Morgan fingerprint density at radius 3 is 2.42 bits per heavy atom. The van der Waals surface area contributed by atoms with E-state index in [9.17, 15) is 4.79 Å². The molecule has 0 unspecified atom stereocenters. The van der Waals surface area contributed by atoms with Crippen molar-refractivity contribution in [3.63, 3.8) is 0 Å². The lowest BCUT2D eigenvalue weighted by atomic mass is 10.2. The normalized spacial score (nSPS) is 15.8. The predicted molar refractivity (Wildman–Crippen MR) is 96.3 cm³/mol. The molecule has 1 aliphatic rings. The number of nitrogens with zero attached hydrogens (tertiary/aromatic N) is 3. The molecule has 1 aromatic heterocycles. The van der Waals surface area contributed by atoms with E-state index in [1.807, 2.05) is 30.3 Å². The summed E-state index contributed by atoms with van der Waals surface area (Å²) >= 11 is 0. The molecule has 2 heterocycles. The molecule has 1 aliphatic heterocycles. The van der Waals surface area contributed by atoms with Gasteiger partial charge >= 0.3 is 0 Å². The maximum Gasteiger partial charge on any atom is 0.260 e. The summed E-state index contributed by atoms with van der Waals surface area (Å²) in [7, 11) is 0. The lowest BCUT2D eigenvalue weighted by molar-refractivity contribution is 0.248. The number of aromatic amines is 1. The second-order valence-electron chi connectivity index (χ2n) is 6.16. The molecule has 4 rings (SSSR count). The van der Waals surface area contributed by atoms with Gasteiger partial charge < -0.3 is 4.90 Å². The van der Waals surface area contributed by atoms with Crippen molar-refractivity contribution in [1.29, 1.82) is 0 Å². The number of nitrogens with one attached hydrogen (secondary N) is 1. The highest BCUT2D eigenvalue weighted by Gasteiger charge is 2.19. The quantitative estimate of drug-likeness (QED) is 0.804. The molecule has 24 heavy (non-hydrogen) atoms. The predicted octanol–water partition coefficient (Wildman–Crippen LogP) is 2.25. The molecule has 5 heteroatoms. The van der Waals surface area contributed by atoms with Gasteiger partial charge in [0.1, 0.15) is 0 Å². The minimum absolute atomic E-state index is 0.0673. The molecule has 0 amide bonds. The van der Waals surface area contributed by atoms with Crippen LogP contribution in [0.5, 0.6) is 0 Å². The van der Waals surface area contributed by atoms with Crippen LogP contribution in [0, 0.1) is 0 Å². The first-order valence-electron chi connectivity index (χ1n) is 8.30. The zero-order valence-electron chi connectivity index (χ0n) is 13.5. The van der Waals surface area contributed by atoms with Gasteiger partial charge in [-0.25, -0.2) is 4.98 Å². The number of fused-ring (bicyclic) bond motifs is 1.